The van der Waals surface area contributed by atoms with Crippen LogP contribution in [0, 0.1) is 5.82 Å². The molecule has 1 unspecified atom stereocenters. The van der Waals surface area contributed by atoms with E-state index in [0.29, 0.717) is 18.0 Å². The van der Waals surface area contributed by atoms with Crippen LogP contribution >= 0.6 is 11.6 Å². The van der Waals surface area contributed by atoms with Gasteiger partial charge in [-0.1, -0.05) is 17.7 Å². The molecule has 0 aliphatic carbocycles. The standard InChI is InChI=1S/C13H15ClFN/c14-12-7-8(1-4-13(12)15)9-5-10-2-3-11(6-9)16-10/h1,4,7,9-11,16H,2-3,5-6H2/t9?,10-,11+. The molecule has 3 atom stereocenters. The largest absolute Gasteiger partial charge is 0.311 e. The Balaban J connectivity index is 1.84. The molecule has 3 rings (SSSR count). The zero-order valence-corrected chi connectivity index (χ0v) is 9.80. The molecule has 1 aromatic carbocycles. The van der Waals surface area contributed by atoms with Crippen LogP contribution < -0.4 is 5.32 Å². The van der Waals surface area contributed by atoms with Crippen molar-refractivity contribution in [2.75, 3.05) is 0 Å². The zero-order valence-electron chi connectivity index (χ0n) is 9.05. The van der Waals surface area contributed by atoms with Crippen molar-refractivity contribution in [2.24, 2.45) is 0 Å². The fourth-order valence-corrected chi connectivity index (χ4v) is 3.28. The Labute approximate surface area is 100.0 Å². The summed E-state index contributed by atoms with van der Waals surface area (Å²) in [6.07, 6.45) is 4.91. The predicted molar refractivity (Wildman–Crippen MR) is 63.3 cm³/mol. The summed E-state index contributed by atoms with van der Waals surface area (Å²) < 4.78 is 13.1. The van der Waals surface area contributed by atoms with Gasteiger partial charge in [-0.25, -0.2) is 4.39 Å². The smallest absolute Gasteiger partial charge is 0.141 e. The van der Waals surface area contributed by atoms with Crippen LogP contribution in [-0.2, 0) is 0 Å². The number of rotatable bonds is 1. The molecule has 1 nitrogen and oxygen atoms in total. The lowest BCUT2D eigenvalue weighted by Gasteiger charge is -2.29. The number of halogens is 2. The molecule has 16 heavy (non-hydrogen) atoms. The van der Waals surface area contributed by atoms with Gasteiger partial charge in [0.1, 0.15) is 5.82 Å². The number of hydrogen-bond acceptors (Lipinski definition) is 1. The van der Waals surface area contributed by atoms with E-state index in [-0.39, 0.29) is 10.8 Å². The van der Waals surface area contributed by atoms with E-state index >= 15 is 0 Å². The topological polar surface area (TPSA) is 12.0 Å². The summed E-state index contributed by atoms with van der Waals surface area (Å²) in [6.45, 7) is 0. The minimum atomic E-state index is -0.317. The Morgan fingerprint density at radius 2 is 1.88 bits per heavy atom. The van der Waals surface area contributed by atoms with Gasteiger partial charge in [-0.3, -0.25) is 0 Å². The van der Waals surface area contributed by atoms with Crippen LogP contribution in [-0.4, -0.2) is 12.1 Å². The second kappa shape index (κ2) is 4.01. The van der Waals surface area contributed by atoms with Crippen LogP contribution in [0.2, 0.25) is 5.02 Å². The second-order valence-electron chi connectivity index (χ2n) is 4.98. The SMILES string of the molecule is Fc1ccc(C2C[C@H]3CC[C@@H](C2)N3)cc1Cl. The van der Waals surface area contributed by atoms with E-state index in [1.54, 1.807) is 6.07 Å². The minimum Gasteiger partial charge on any atom is -0.311 e. The Hall–Kier alpha value is -0.600. The third-order valence-electron chi connectivity index (χ3n) is 3.89. The van der Waals surface area contributed by atoms with E-state index in [1.807, 2.05) is 6.07 Å². The number of piperidine rings is 1. The van der Waals surface area contributed by atoms with Gasteiger partial charge in [0, 0.05) is 12.1 Å². The number of hydrogen-bond donors (Lipinski definition) is 1. The summed E-state index contributed by atoms with van der Waals surface area (Å²) in [7, 11) is 0. The fraction of sp³-hybridized carbons (Fsp3) is 0.538. The van der Waals surface area contributed by atoms with Gasteiger partial charge in [0.15, 0.2) is 0 Å². The molecule has 2 aliphatic heterocycles. The average molecular weight is 240 g/mol. The van der Waals surface area contributed by atoms with Gasteiger partial charge >= 0.3 is 0 Å². The third-order valence-corrected chi connectivity index (χ3v) is 4.18. The van der Waals surface area contributed by atoms with Crippen LogP contribution in [0.5, 0.6) is 0 Å². The van der Waals surface area contributed by atoms with Crippen LogP contribution in [0.4, 0.5) is 4.39 Å². The summed E-state index contributed by atoms with van der Waals surface area (Å²) in [5.41, 5.74) is 1.20. The predicted octanol–water partition coefficient (Wildman–Crippen LogP) is 3.48. The van der Waals surface area contributed by atoms with Crippen molar-refractivity contribution in [2.45, 2.75) is 43.7 Å². The number of fused-ring (bicyclic) bond motifs is 2. The van der Waals surface area contributed by atoms with Crippen LogP contribution in [0.3, 0.4) is 0 Å². The Morgan fingerprint density at radius 3 is 2.50 bits per heavy atom. The number of benzene rings is 1. The molecule has 0 aromatic heterocycles. The maximum absolute atomic E-state index is 13.1. The molecule has 2 saturated heterocycles. The van der Waals surface area contributed by atoms with Crippen LogP contribution in [0.1, 0.15) is 37.2 Å². The normalized spacial score (nSPS) is 33.0. The van der Waals surface area contributed by atoms with Crippen LogP contribution in [0.25, 0.3) is 0 Å². The molecule has 2 bridgehead atoms. The summed E-state index contributed by atoms with van der Waals surface area (Å²) in [6, 6.07) is 6.49. The molecule has 1 aromatic rings. The van der Waals surface area contributed by atoms with Crippen molar-refractivity contribution in [3.05, 3.63) is 34.6 Å². The first-order chi connectivity index (χ1) is 7.72. The Kier molecular flexibility index (Phi) is 2.64. The van der Waals surface area contributed by atoms with Gasteiger partial charge in [0.2, 0.25) is 0 Å². The molecular weight excluding hydrogens is 225 g/mol. The molecule has 0 spiro atoms. The quantitative estimate of drug-likeness (QED) is 0.791. The van der Waals surface area contributed by atoms with Crippen molar-refractivity contribution in [3.8, 4) is 0 Å². The summed E-state index contributed by atoms with van der Waals surface area (Å²) >= 11 is 5.83. The van der Waals surface area contributed by atoms with Crippen molar-refractivity contribution >= 4 is 11.6 Å². The highest BCUT2D eigenvalue weighted by Crippen LogP contribution is 2.37. The Bertz CT molecular complexity index is 395. The van der Waals surface area contributed by atoms with E-state index in [2.05, 4.69) is 5.32 Å². The van der Waals surface area contributed by atoms with Crippen molar-refractivity contribution in [1.82, 2.24) is 5.32 Å². The van der Waals surface area contributed by atoms with Gasteiger partial charge in [0.25, 0.3) is 0 Å². The summed E-state index contributed by atoms with van der Waals surface area (Å²) in [4.78, 5) is 0. The maximum atomic E-state index is 13.1. The molecule has 0 saturated carbocycles. The van der Waals surface area contributed by atoms with Gasteiger partial charge < -0.3 is 5.32 Å². The minimum absolute atomic E-state index is 0.253. The zero-order chi connectivity index (χ0) is 11.1. The molecule has 2 aliphatic rings. The number of nitrogens with one attached hydrogen (secondary N) is 1. The molecule has 86 valence electrons. The van der Waals surface area contributed by atoms with Crippen LogP contribution in [0.15, 0.2) is 18.2 Å². The fourth-order valence-electron chi connectivity index (χ4n) is 3.10. The van der Waals surface area contributed by atoms with E-state index < -0.39 is 0 Å². The van der Waals surface area contributed by atoms with Crippen molar-refractivity contribution in [3.63, 3.8) is 0 Å². The molecular formula is C13H15ClFN. The first kappa shape index (κ1) is 10.5. The highest BCUT2D eigenvalue weighted by Gasteiger charge is 2.34. The molecule has 2 fully saturated rings. The monoisotopic (exact) mass is 239 g/mol. The van der Waals surface area contributed by atoms with Crippen molar-refractivity contribution in [1.29, 1.82) is 0 Å². The van der Waals surface area contributed by atoms with Gasteiger partial charge in [-0.2, -0.15) is 0 Å². The van der Waals surface area contributed by atoms with E-state index in [9.17, 15) is 4.39 Å². The summed E-state index contributed by atoms with van der Waals surface area (Å²) in [5, 5.41) is 3.86. The van der Waals surface area contributed by atoms with E-state index in [4.69, 9.17) is 11.6 Å². The molecule has 3 heteroatoms. The van der Waals surface area contributed by atoms with E-state index in [0.717, 1.165) is 0 Å². The highest BCUT2D eigenvalue weighted by molar-refractivity contribution is 6.30. The van der Waals surface area contributed by atoms with E-state index in [1.165, 1.54) is 37.3 Å². The maximum Gasteiger partial charge on any atom is 0.141 e. The van der Waals surface area contributed by atoms with Gasteiger partial charge in [-0.15, -0.1) is 0 Å². The highest BCUT2D eigenvalue weighted by atomic mass is 35.5. The van der Waals surface area contributed by atoms with Gasteiger partial charge in [-0.05, 0) is 49.3 Å². The Morgan fingerprint density at radius 1 is 1.19 bits per heavy atom. The molecule has 0 amide bonds. The van der Waals surface area contributed by atoms with Crippen molar-refractivity contribution < 1.29 is 4.39 Å². The molecule has 2 heterocycles. The molecule has 0 radical (unpaired) electrons. The lowest BCUT2D eigenvalue weighted by Crippen LogP contribution is -2.37. The first-order valence-electron chi connectivity index (χ1n) is 5.93. The third kappa shape index (κ3) is 1.85. The lowest BCUT2D eigenvalue weighted by atomic mass is 9.86. The molecule has 1 N–H and O–H groups in total. The lowest BCUT2D eigenvalue weighted by molar-refractivity contribution is 0.363. The average Bonchev–Trinajstić information content (AvgIpc) is 2.62. The first-order valence-corrected chi connectivity index (χ1v) is 6.31. The second-order valence-corrected chi connectivity index (χ2v) is 5.39. The summed E-state index contributed by atoms with van der Waals surface area (Å²) in [5.74, 6) is 0.235. The van der Waals surface area contributed by atoms with Gasteiger partial charge in [0.05, 0.1) is 5.02 Å².